The van der Waals surface area contributed by atoms with E-state index in [-0.39, 0.29) is 30.9 Å². The molecule has 3 rings (SSSR count). The zero-order chi connectivity index (χ0) is 21.2. The molecule has 0 unspecified atom stereocenters. The molecule has 7 nitrogen and oxygen atoms in total. The van der Waals surface area contributed by atoms with E-state index >= 15 is 0 Å². The normalized spacial score (nSPS) is 24.5. The molecule has 1 saturated heterocycles. The molecule has 1 heterocycles. The van der Waals surface area contributed by atoms with Gasteiger partial charge in [0, 0.05) is 18.3 Å². The van der Waals surface area contributed by atoms with Crippen LogP contribution in [0.5, 0.6) is 0 Å². The lowest BCUT2D eigenvalue weighted by Crippen LogP contribution is -2.70. The summed E-state index contributed by atoms with van der Waals surface area (Å²) in [5.74, 6) is -0.680. The maximum absolute atomic E-state index is 13.5. The number of anilines is 1. The van der Waals surface area contributed by atoms with E-state index in [2.05, 4.69) is 5.32 Å². The van der Waals surface area contributed by atoms with Gasteiger partial charge in [-0.3, -0.25) is 14.5 Å². The van der Waals surface area contributed by atoms with Gasteiger partial charge in [-0.2, -0.15) is 4.31 Å². The number of para-hydroxylation sites is 1. The fraction of sp³-hybridized carbons (Fsp3) is 0.619. The predicted molar refractivity (Wildman–Crippen MR) is 113 cm³/mol. The summed E-state index contributed by atoms with van der Waals surface area (Å²) < 4.78 is 25.6. The van der Waals surface area contributed by atoms with Gasteiger partial charge in [0.05, 0.1) is 12.8 Å². The molecule has 1 aliphatic heterocycles. The molecule has 1 aromatic rings. The van der Waals surface area contributed by atoms with Crippen LogP contribution in [0.25, 0.3) is 0 Å². The van der Waals surface area contributed by atoms with Gasteiger partial charge in [-0.1, -0.05) is 44.4 Å². The second kappa shape index (κ2) is 8.44. The van der Waals surface area contributed by atoms with Crippen molar-refractivity contribution in [2.75, 3.05) is 24.2 Å². The van der Waals surface area contributed by atoms with E-state index in [0.29, 0.717) is 12.1 Å². The molecule has 160 valence electrons. The minimum absolute atomic E-state index is 0.0613. The lowest BCUT2D eigenvalue weighted by atomic mass is 9.90. The lowest BCUT2D eigenvalue weighted by Gasteiger charge is -2.47. The number of hydrogen-bond donors (Lipinski definition) is 1. The minimum atomic E-state index is -3.61. The van der Waals surface area contributed by atoms with Gasteiger partial charge in [0.25, 0.3) is 0 Å². The Hall–Kier alpha value is -1.93. The minimum Gasteiger partial charge on any atom is -0.351 e. The second-order valence-electron chi connectivity index (χ2n) is 8.32. The van der Waals surface area contributed by atoms with E-state index < -0.39 is 15.6 Å². The maximum atomic E-state index is 13.5. The number of nitrogens with one attached hydrogen (secondary N) is 1. The Morgan fingerprint density at radius 3 is 2.48 bits per heavy atom. The first-order chi connectivity index (χ1) is 13.7. The number of rotatable bonds is 5. The summed E-state index contributed by atoms with van der Waals surface area (Å²) in [6.07, 6.45) is 6.91. The van der Waals surface area contributed by atoms with Gasteiger partial charge in [0.1, 0.15) is 5.54 Å². The molecule has 2 fully saturated rings. The highest BCUT2D eigenvalue weighted by molar-refractivity contribution is 7.88. The van der Waals surface area contributed by atoms with Gasteiger partial charge >= 0.3 is 0 Å². The number of amides is 2. The van der Waals surface area contributed by atoms with Crippen LogP contribution in [0.2, 0.25) is 0 Å². The molecule has 1 aliphatic carbocycles. The van der Waals surface area contributed by atoms with Crippen molar-refractivity contribution in [3.05, 3.63) is 29.8 Å². The second-order valence-corrected chi connectivity index (χ2v) is 10.3. The number of benzene rings is 1. The maximum Gasteiger partial charge on any atom is 0.247 e. The van der Waals surface area contributed by atoms with Crippen molar-refractivity contribution in [1.82, 2.24) is 9.62 Å². The number of carbonyl (C=O) groups excluding carboxylic acids is 2. The monoisotopic (exact) mass is 421 g/mol. The first kappa shape index (κ1) is 21.8. The Balaban J connectivity index is 2.01. The molecule has 1 saturated carbocycles. The summed E-state index contributed by atoms with van der Waals surface area (Å²) >= 11 is 0. The third kappa shape index (κ3) is 4.48. The van der Waals surface area contributed by atoms with E-state index in [1.165, 1.54) is 11.3 Å². The van der Waals surface area contributed by atoms with Crippen LogP contribution in [0.1, 0.15) is 51.5 Å². The van der Waals surface area contributed by atoms with Crippen molar-refractivity contribution in [3.63, 3.8) is 0 Å². The SMILES string of the molecule is CCc1ccccc1N1C(=O)CN(S(C)(=O)=O)C[C@@]1(C)C(=O)NC1CCCCC1. The van der Waals surface area contributed by atoms with E-state index in [1.807, 2.05) is 31.2 Å². The first-order valence-electron chi connectivity index (χ1n) is 10.3. The largest absolute Gasteiger partial charge is 0.351 e. The van der Waals surface area contributed by atoms with Crippen LogP contribution in [-0.4, -0.2) is 55.5 Å². The van der Waals surface area contributed by atoms with Crippen LogP contribution in [0, 0.1) is 0 Å². The molecular weight excluding hydrogens is 390 g/mol. The number of aryl methyl sites for hydroxylation is 1. The van der Waals surface area contributed by atoms with Crippen LogP contribution in [0.15, 0.2) is 24.3 Å². The number of hydrogen-bond acceptors (Lipinski definition) is 4. The van der Waals surface area contributed by atoms with Gasteiger partial charge in [-0.05, 0) is 37.8 Å². The fourth-order valence-electron chi connectivity index (χ4n) is 4.39. The number of piperazine rings is 1. The van der Waals surface area contributed by atoms with Crippen molar-refractivity contribution < 1.29 is 18.0 Å². The lowest BCUT2D eigenvalue weighted by molar-refractivity contribution is -0.133. The van der Waals surface area contributed by atoms with Gasteiger partial charge in [-0.25, -0.2) is 8.42 Å². The van der Waals surface area contributed by atoms with Crippen molar-refractivity contribution in [1.29, 1.82) is 0 Å². The molecule has 29 heavy (non-hydrogen) atoms. The highest BCUT2D eigenvalue weighted by Gasteiger charge is 2.51. The first-order valence-corrected chi connectivity index (χ1v) is 12.2. The zero-order valence-corrected chi connectivity index (χ0v) is 18.3. The summed E-state index contributed by atoms with van der Waals surface area (Å²) in [6.45, 7) is 3.35. The smallest absolute Gasteiger partial charge is 0.247 e. The van der Waals surface area contributed by atoms with Crippen molar-refractivity contribution in [2.45, 2.75) is 64.0 Å². The topological polar surface area (TPSA) is 86.8 Å². The van der Waals surface area contributed by atoms with E-state index in [0.717, 1.165) is 41.8 Å². The molecular formula is C21H31N3O4S. The summed E-state index contributed by atoms with van der Waals surface area (Å²) in [7, 11) is -3.61. The average Bonchev–Trinajstić information content (AvgIpc) is 2.68. The molecule has 8 heteroatoms. The standard InChI is InChI=1S/C21H31N3O4S/c1-4-16-10-8-9-13-18(16)24-19(25)14-23(29(3,27)28)15-21(24,2)20(26)22-17-11-6-5-7-12-17/h8-10,13,17H,4-7,11-12,14-15H2,1-3H3,(H,22,26)/t21-/m0/s1. The van der Waals surface area contributed by atoms with Crippen LogP contribution < -0.4 is 10.2 Å². The van der Waals surface area contributed by atoms with Crippen LogP contribution in [0.3, 0.4) is 0 Å². The Kier molecular flexibility index (Phi) is 6.33. The highest BCUT2D eigenvalue weighted by Crippen LogP contribution is 2.33. The molecule has 1 N–H and O–H groups in total. The summed E-state index contributed by atoms with van der Waals surface area (Å²) in [5, 5.41) is 3.10. The van der Waals surface area contributed by atoms with Gasteiger partial charge in [0.15, 0.2) is 0 Å². The number of carbonyl (C=O) groups is 2. The molecule has 0 bridgehead atoms. The highest BCUT2D eigenvalue weighted by atomic mass is 32.2. The Labute approximate surface area is 173 Å². The summed E-state index contributed by atoms with van der Waals surface area (Å²) in [6, 6.07) is 7.58. The van der Waals surface area contributed by atoms with Gasteiger partial charge in [-0.15, -0.1) is 0 Å². The van der Waals surface area contributed by atoms with E-state index in [1.54, 1.807) is 6.92 Å². The average molecular weight is 422 g/mol. The number of sulfonamides is 1. The molecule has 2 amide bonds. The van der Waals surface area contributed by atoms with Gasteiger partial charge in [0.2, 0.25) is 21.8 Å². The quantitative estimate of drug-likeness (QED) is 0.788. The summed E-state index contributed by atoms with van der Waals surface area (Å²) in [5.41, 5.74) is 0.306. The van der Waals surface area contributed by atoms with E-state index in [4.69, 9.17) is 0 Å². The van der Waals surface area contributed by atoms with E-state index in [9.17, 15) is 18.0 Å². The number of nitrogens with zero attached hydrogens (tertiary/aromatic N) is 2. The van der Waals surface area contributed by atoms with Crippen LogP contribution in [-0.2, 0) is 26.0 Å². The Morgan fingerprint density at radius 1 is 1.21 bits per heavy atom. The molecule has 0 aromatic heterocycles. The third-order valence-corrected chi connectivity index (χ3v) is 7.25. The van der Waals surface area contributed by atoms with Crippen molar-refractivity contribution >= 4 is 27.5 Å². The Bertz CT molecular complexity index is 880. The zero-order valence-electron chi connectivity index (χ0n) is 17.5. The molecule has 0 radical (unpaired) electrons. The molecule has 1 atom stereocenters. The summed E-state index contributed by atoms with van der Waals surface area (Å²) in [4.78, 5) is 28.2. The predicted octanol–water partition coefficient (Wildman–Crippen LogP) is 2.06. The van der Waals surface area contributed by atoms with Crippen molar-refractivity contribution in [3.8, 4) is 0 Å². The van der Waals surface area contributed by atoms with Crippen LogP contribution >= 0.6 is 0 Å². The van der Waals surface area contributed by atoms with Gasteiger partial charge < -0.3 is 5.32 Å². The Morgan fingerprint density at radius 2 is 1.86 bits per heavy atom. The molecule has 1 aromatic carbocycles. The van der Waals surface area contributed by atoms with Crippen molar-refractivity contribution in [2.24, 2.45) is 0 Å². The molecule has 0 spiro atoms. The fourth-order valence-corrected chi connectivity index (χ4v) is 5.22. The molecule has 2 aliphatic rings. The third-order valence-electron chi connectivity index (χ3n) is 6.05. The van der Waals surface area contributed by atoms with Crippen LogP contribution in [0.4, 0.5) is 5.69 Å².